The molecule has 0 aromatic heterocycles. The first-order valence-corrected chi connectivity index (χ1v) is 8.98. The molecule has 1 fully saturated rings. The van der Waals surface area contributed by atoms with E-state index in [9.17, 15) is 0 Å². The number of nitrogens with zero attached hydrogens (tertiary/aromatic N) is 2. The number of benzene rings is 2. The van der Waals surface area contributed by atoms with Crippen LogP contribution in [0.5, 0.6) is 5.75 Å². The minimum Gasteiger partial charge on any atom is -0.492 e. The highest BCUT2D eigenvalue weighted by atomic mass is 16.5. The van der Waals surface area contributed by atoms with Crippen molar-refractivity contribution in [2.24, 2.45) is 0 Å². The molecule has 1 saturated heterocycles. The summed E-state index contributed by atoms with van der Waals surface area (Å²) in [7, 11) is 0. The molecule has 1 aliphatic rings. The van der Waals surface area contributed by atoms with E-state index in [1.165, 1.54) is 11.1 Å². The summed E-state index contributed by atoms with van der Waals surface area (Å²) in [5.41, 5.74) is 2.69. The van der Waals surface area contributed by atoms with Crippen molar-refractivity contribution in [1.29, 1.82) is 0 Å². The molecule has 0 saturated carbocycles. The summed E-state index contributed by atoms with van der Waals surface area (Å²) in [5.74, 6) is 0.983. The number of piperazine rings is 1. The van der Waals surface area contributed by atoms with Gasteiger partial charge in [0.25, 0.3) is 0 Å². The van der Waals surface area contributed by atoms with Crippen molar-refractivity contribution in [3.8, 4) is 5.75 Å². The number of hydrogen-bond acceptors (Lipinski definition) is 3. The van der Waals surface area contributed by atoms with Gasteiger partial charge in [0.2, 0.25) is 0 Å². The van der Waals surface area contributed by atoms with Crippen LogP contribution in [-0.2, 0) is 6.42 Å². The molecular weight excluding hydrogens is 296 g/mol. The third-order valence-electron chi connectivity index (χ3n) is 4.69. The molecule has 0 spiro atoms. The lowest BCUT2D eigenvalue weighted by Crippen LogP contribution is -2.47. The van der Waals surface area contributed by atoms with E-state index < -0.39 is 0 Å². The average molecular weight is 324 g/mol. The standard InChI is InChI=1S/C21H28N2O/c1-19-6-5-9-21(18-19)24-17-16-23-14-12-22(13-15-23)11-10-20-7-3-2-4-8-20/h2-9,18H,10-17H2,1H3. The molecule has 1 heterocycles. The zero-order valence-corrected chi connectivity index (χ0v) is 14.7. The molecule has 0 amide bonds. The van der Waals surface area contributed by atoms with E-state index in [-0.39, 0.29) is 0 Å². The van der Waals surface area contributed by atoms with Gasteiger partial charge in [-0.25, -0.2) is 0 Å². The minimum atomic E-state index is 0.771. The van der Waals surface area contributed by atoms with Crippen molar-refractivity contribution in [3.63, 3.8) is 0 Å². The quantitative estimate of drug-likeness (QED) is 0.778. The number of rotatable bonds is 7. The Morgan fingerprint density at radius 2 is 1.54 bits per heavy atom. The predicted octanol–water partition coefficient (Wildman–Crippen LogP) is 3.23. The lowest BCUT2D eigenvalue weighted by Gasteiger charge is -2.34. The summed E-state index contributed by atoms with van der Waals surface area (Å²) in [6.45, 7) is 9.67. The molecule has 2 aromatic rings. The molecule has 0 atom stereocenters. The number of hydrogen-bond donors (Lipinski definition) is 0. The van der Waals surface area contributed by atoms with Gasteiger partial charge in [0, 0.05) is 39.3 Å². The third kappa shape index (κ3) is 5.36. The molecule has 3 rings (SSSR count). The van der Waals surface area contributed by atoms with E-state index in [1.54, 1.807) is 0 Å². The van der Waals surface area contributed by atoms with Crippen LogP contribution in [0.3, 0.4) is 0 Å². The summed E-state index contributed by atoms with van der Waals surface area (Å²) in [6.07, 6.45) is 1.15. The summed E-state index contributed by atoms with van der Waals surface area (Å²) in [6, 6.07) is 19.1. The van der Waals surface area contributed by atoms with Gasteiger partial charge in [0.1, 0.15) is 12.4 Å². The Labute approximate surface area is 145 Å². The Morgan fingerprint density at radius 3 is 2.25 bits per heavy atom. The van der Waals surface area contributed by atoms with Gasteiger partial charge in [-0.2, -0.15) is 0 Å². The monoisotopic (exact) mass is 324 g/mol. The summed E-state index contributed by atoms with van der Waals surface area (Å²) in [5, 5.41) is 0. The Bertz CT molecular complexity index is 606. The second-order valence-electron chi connectivity index (χ2n) is 6.58. The summed E-state index contributed by atoms with van der Waals surface area (Å²) >= 11 is 0. The normalized spacial score (nSPS) is 16.2. The van der Waals surface area contributed by atoms with Gasteiger partial charge >= 0.3 is 0 Å². The third-order valence-corrected chi connectivity index (χ3v) is 4.69. The van der Waals surface area contributed by atoms with E-state index >= 15 is 0 Å². The van der Waals surface area contributed by atoms with E-state index in [0.29, 0.717) is 0 Å². The predicted molar refractivity (Wildman–Crippen MR) is 99.7 cm³/mol. The van der Waals surface area contributed by atoms with Crippen molar-refractivity contribution >= 4 is 0 Å². The smallest absolute Gasteiger partial charge is 0.119 e. The van der Waals surface area contributed by atoms with Crippen molar-refractivity contribution in [3.05, 3.63) is 65.7 Å². The summed E-state index contributed by atoms with van der Waals surface area (Å²) in [4.78, 5) is 5.08. The SMILES string of the molecule is Cc1cccc(OCCN2CCN(CCc3ccccc3)CC2)c1. The molecule has 128 valence electrons. The van der Waals surface area contributed by atoms with E-state index in [0.717, 1.165) is 58.0 Å². The van der Waals surface area contributed by atoms with Gasteiger partial charge in [-0.3, -0.25) is 4.90 Å². The fourth-order valence-corrected chi connectivity index (χ4v) is 3.17. The van der Waals surface area contributed by atoms with Crippen molar-refractivity contribution in [2.75, 3.05) is 45.9 Å². The highest BCUT2D eigenvalue weighted by molar-refractivity contribution is 5.27. The van der Waals surface area contributed by atoms with Gasteiger partial charge in [0.05, 0.1) is 0 Å². The van der Waals surface area contributed by atoms with E-state index in [2.05, 4.69) is 65.3 Å². The van der Waals surface area contributed by atoms with Gasteiger partial charge < -0.3 is 9.64 Å². The number of aryl methyl sites for hydroxylation is 1. The molecule has 0 bridgehead atoms. The first kappa shape index (κ1) is 17.0. The van der Waals surface area contributed by atoms with Gasteiger partial charge in [0.15, 0.2) is 0 Å². The first-order chi connectivity index (χ1) is 11.8. The fraction of sp³-hybridized carbons (Fsp3) is 0.429. The Kier molecular flexibility index (Phi) is 6.27. The molecular formula is C21H28N2O. The van der Waals surface area contributed by atoms with Crippen molar-refractivity contribution in [2.45, 2.75) is 13.3 Å². The van der Waals surface area contributed by atoms with Gasteiger partial charge in [-0.1, -0.05) is 42.5 Å². The lowest BCUT2D eigenvalue weighted by atomic mass is 10.1. The Hall–Kier alpha value is -1.84. The first-order valence-electron chi connectivity index (χ1n) is 8.98. The maximum absolute atomic E-state index is 5.87. The van der Waals surface area contributed by atoms with Gasteiger partial charge in [-0.05, 0) is 36.6 Å². The van der Waals surface area contributed by atoms with Crippen LogP contribution in [0, 0.1) is 6.92 Å². The maximum atomic E-state index is 5.87. The molecule has 0 aliphatic carbocycles. The van der Waals surface area contributed by atoms with Crippen LogP contribution in [0.25, 0.3) is 0 Å². The largest absolute Gasteiger partial charge is 0.492 e. The van der Waals surface area contributed by atoms with Crippen molar-refractivity contribution < 1.29 is 4.74 Å². The lowest BCUT2D eigenvalue weighted by molar-refractivity contribution is 0.118. The molecule has 0 radical (unpaired) electrons. The van der Waals surface area contributed by atoms with Crippen LogP contribution in [0.1, 0.15) is 11.1 Å². The second kappa shape index (κ2) is 8.86. The van der Waals surface area contributed by atoms with Crippen LogP contribution in [-0.4, -0.2) is 55.7 Å². The zero-order chi connectivity index (χ0) is 16.6. The zero-order valence-electron chi connectivity index (χ0n) is 14.7. The average Bonchev–Trinajstić information content (AvgIpc) is 2.62. The fourth-order valence-electron chi connectivity index (χ4n) is 3.17. The molecule has 3 heteroatoms. The van der Waals surface area contributed by atoms with Crippen LogP contribution >= 0.6 is 0 Å². The van der Waals surface area contributed by atoms with Crippen molar-refractivity contribution in [1.82, 2.24) is 9.80 Å². The molecule has 3 nitrogen and oxygen atoms in total. The van der Waals surface area contributed by atoms with E-state index in [1.807, 2.05) is 6.07 Å². The minimum absolute atomic E-state index is 0.771. The van der Waals surface area contributed by atoms with Crippen LogP contribution < -0.4 is 4.74 Å². The van der Waals surface area contributed by atoms with E-state index in [4.69, 9.17) is 4.74 Å². The van der Waals surface area contributed by atoms with Crippen LogP contribution in [0.15, 0.2) is 54.6 Å². The highest BCUT2D eigenvalue weighted by Crippen LogP contribution is 2.12. The molecule has 24 heavy (non-hydrogen) atoms. The Balaban J connectivity index is 1.32. The topological polar surface area (TPSA) is 15.7 Å². The molecule has 0 unspecified atom stereocenters. The second-order valence-corrected chi connectivity index (χ2v) is 6.58. The van der Waals surface area contributed by atoms with Crippen LogP contribution in [0.2, 0.25) is 0 Å². The summed E-state index contributed by atoms with van der Waals surface area (Å²) < 4.78 is 5.87. The highest BCUT2D eigenvalue weighted by Gasteiger charge is 2.16. The van der Waals surface area contributed by atoms with Crippen LogP contribution in [0.4, 0.5) is 0 Å². The van der Waals surface area contributed by atoms with Gasteiger partial charge in [-0.15, -0.1) is 0 Å². The molecule has 2 aromatic carbocycles. The maximum Gasteiger partial charge on any atom is 0.119 e. The Morgan fingerprint density at radius 1 is 0.833 bits per heavy atom. The molecule has 0 N–H and O–H groups in total. The number of ether oxygens (including phenoxy) is 1. The molecule has 1 aliphatic heterocycles.